The van der Waals surface area contributed by atoms with Crippen LogP contribution >= 0.6 is 11.6 Å². The summed E-state index contributed by atoms with van der Waals surface area (Å²) in [5.41, 5.74) is 3.15. The third-order valence-electron chi connectivity index (χ3n) is 6.19. The minimum Gasteiger partial charge on any atom is -0.301 e. The number of rotatable bonds is 6. The fourth-order valence-corrected chi connectivity index (χ4v) is 5.56. The smallest absolute Gasteiger partial charge is 0.229 e. The van der Waals surface area contributed by atoms with Gasteiger partial charge in [-0.25, -0.2) is 8.42 Å². The quantitative estimate of drug-likeness (QED) is 0.744. The second-order valence-corrected chi connectivity index (χ2v) is 10.3. The molecule has 1 aliphatic carbocycles. The van der Waals surface area contributed by atoms with Gasteiger partial charge in [0.1, 0.15) is 0 Å². The zero-order chi connectivity index (χ0) is 19.2. The number of sulfonamides is 1. The minimum atomic E-state index is -3.26. The van der Waals surface area contributed by atoms with Crippen molar-refractivity contribution >= 4 is 27.3 Å². The van der Waals surface area contributed by atoms with Gasteiger partial charge in [0.05, 0.1) is 11.6 Å². The van der Waals surface area contributed by atoms with Crippen molar-refractivity contribution in [2.75, 3.05) is 30.6 Å². The Bertz CT molecular complexity index is 920. The molecule has 144 valence electrons. The van der Waals surface area contributed by atoms with E-state index in [1.165, 1.54) is 17.4 Å². The van der Waals surface area contributed by atoms with Crippen molar-refractivity contribution in [3.8, 4) is 0 Å². The second kappa shape index (κ2) is 6.80. The molecule has 2 aromatic carbocycles. The Balaban J connectivity index is 1.41. The number of benzene rings is 2. The summed E-state index contributed by atoms with van der Waals surface area (Å²) in [5, 5.41) is 0.0113. The van der Waals surface area contributed by atoms with E-state index in [0.717, 1.165) is 19.6 Å². The highest BCUT2D eigenvalue weighted by Crippen LogP contribution is 2.63. The molecule has 1 saturated carbocycles. The molecule has 6 heteroatoms. The topological polar surface area (TPSA) is 49.4 Å². The van der Waals surface area contributed by atoms with Gasteiger partial charge >= 0.3 is 0 Å². The highest BCUT2D eigenvalue weighted by molar-refractivity contribution is 7.92. The van der Waals surface area contributed by atoms with Gasteiger partial charge in [-0.1, -0.05) is 49.4 Å². The number of hydrogen-bond donors (Lipinski definition) is 1. The molecule has 0 bridgehead atoms. The van der Waals surface area contributed by atoms with E-state index in [4.69, 9.17) is 11.6 Å². The normalized spacial score (nSPS) is 28.6. The van der Waals surface area contributed by atoms with Crippen molar-refractivity contribution < 1.29 is 8.42 Å². The first-order valence-corrected chi connectivity index (χ1v) is 11.6. The molecule has 0 radical (unpaired) electrons. The number of anilines is 1. The van der Waals surface area contributed by atoms with E-state index >= 15 is 0 Å². The summed E-state index contributed by atoms with van der Waals surface area (Å²) in [4.78, 5) is 2.46. The van der Waals surface area contributed by atoms with Crippen LogP contribution < -0.4 is 4.72 Å². The summed E-state index contributed by atoms with van der Waals surface area (Å²) in [6.45, 7) is 5.25. The van der Waals surface area contributed by atoms with Gasteiger partial charge in [0.25, 0.3) is 0 Å². The van der Waals surface area contributed by atoms with E-state index in [-0.39, 0.29) is 10.8 Å². The summed E-state index contributed by atoms with van der Waals surface area (Å²) < 4.78 is 25.6. The molecule has 2 aromatic rings. The van der Waals surface area contributed by atoms with Crippen LogP contribution in [0.15, 0.2) is 54.6 Å². The number of fused-ring (bicyclic) bond motifs is 1. The maximum atomic E-state index is 11.5. The van der Waals surface area contributed by atoms with Crippen LogP contribution in [0.2, 0.25) is 0 Å². The fourth-order valence-electron chi connectivity index (χ4n) is 4.67. The average molecular weight is 405 g/mol. The maximum Gasteiger partial charge on any atom is 0.229 e. The molecule has 27 heavy (non-hydrogen) atoms. The lowest BCUT2D eigenvalue weighted by Gasteiger charge is -2.26. The fraction of sp³-hybridized carbons (Fsp3) is 0.429. The van der Waals surface area contributed by atoms with Gasteiger partial charge in [0.15, 0.2) is 0 Å². The molecule has 1 saturated heterocycles. The van der Waals surface area contributed by atoms with Gasteiger partial charge in [0.2, 0.25) is 10.0 Å². The number of likely N-dealkylation sites (tertiary alicyclic amines) is 1. The number of alkyl halides is 1. The number of halogens is 1. The molecule has 2 aliphatic rings. The van der Waals surface area contributed by atoms with Crippen LogP contribution in [-0.2, 0) is 15.4 Å². The highest BCUT2D eigenvalue weighted by Gasteiger charge is 2.65. The van der Waals surface area contributed by atoms with Crippen molar-refractivity contribution in [3.63, 3.8) is 0 Å². The molecule has 1 aliphatic heterocycles. The van der Waals surface area contributed by atoms with E-state index in [0.29, 0.717) is 17.5 Å². The lowest BCUT2D eigenvalue weighted by atomic mass is 9.92. The zero-order valence-corrected chi connectivity index (χ0v) is 17.2. The van der Waals surface area contributed by atoms with Gasteiger partial charge in [-0.3, -0.25) is 4.72 Å². The molecule has 0 spiro atoms. The number of hydrogen-bond acceptors (Lipinski definition) is 3. The van der Waals surface area contributed by atoms with Crippen molar-refractivity contribution in [1.29, 1.82) is 0 Å². The predicted molar refractivity (Wildman–Crippen MR) is 111 cm³/mol. The Morgan fingerprint density at radius 2 is 1.81 bits per heavy atom. The van der Waals surface area contributed by atoms with Crippen LogP contribution in [-0.4, -0.2) is 39.2 Å². The number of nitrogens with zero attached hydrogens (tertiary/aromatic N) is 1. The van der Waals surface area contributed by atoms with Crippen LogP contribution in [0.25, 0.3) is 0 Å². The summed E-state index contributed by atoms with van der Waals surface area (Å²) in [7, 11) is -3.26. The third kappa shape index (κ3) is 3.73. The second-order valence-electron chi connectivity index (χ2n) is 8.05. The standard InChI is InChI=1S/C21H25ClN2O2S/c1-21(16-9-6-10-17(11-16)23-27(2,25)26)18-12-24(13-19(18)21)14-20(22)15-7-4-3-5-8-15/h3-11,18-20,23H,12-14H2,1-2H3. The molecular formula is C21H25ClN2O2S. The monoisotopic (exact) mass is 404 g/mol. The molecule has 3 unspecified atom stereocenters. The Morgan fingerprint density at radius 1 is 1.15 bits per heavy atom. The minimum absolute atomic E-state index is 0.0113. The Morgan fingerprint density at radius 3 is 2.44 bits per heavy atom. The summed E-state index contributed by atoms with van der Waals surface area (Å²) >= 11 is 6.61. The van der Waals surface area contributed by atoms with E-state index in [1.807, 2.05) is 30.3 Å². The molecule has 0 amide bonds. The molecule has 2 fully saturated rings. The SMILES string of the molecule is CC1(c2cccc(NS(C)(=O)=O)c2)C2CN(CC(Cl)c3ccccc3)CC21. The largest absolute Gasteiger partial charge is 0.301 e. The van der Waals surface area contributed by atoms with Crippen molar-refractivity contribution in [3.05, 3.63) is 65.7 Å². The summed E-state index contributed by atoms with van der Waals surface area (Å²) in [6.07, 6.45) is 1.18. The zero-order valence-electron chi connectivity index (χ0n) is 15.6. The maximum absolute atomic E-state index is 11.5. The van der Waals surface area contributed by atoms with E-state index < -0.39 is 10.0 Å². The van der Waals surface area contributed by atoms with E-state index in [9.17, 15) is 8.42 Å². The first-order valence-electron chi connectivity index (χ1n) is 9.27. The van der Waals surface area contributed by atoms with Crippen LogP contribution in [0.1, 0.15) is 23.4 Å². The number of piperidine rings is 1. The van der Waals surface area contributed by atoms with Crippen LogP contribution in [0.5, 0.6) is 0 Å². The van der Waals surface area contributed by atoms with Crippen molar-refractivity contribution in [1.82, 2.24) is 4.90 Å². The highest BCUT2D eigenvalue weighted by atomic mass is 35.5. The Hall–Kier alpha value is -1.56. The lowest BCUT2D eigenvalue weighted by molar-refractivity contribution is 0.277. The molecule has 4 rings (SSSR count). The van der Waals surface area contributed by atoms with Crippen molar-refractivity contribution in [2.45, 2.75) is 17.7 Å². The van der Waals surface area contributed by atoms with Crippen LogP contribution in [0.4, 0.5) is 5.69 Å². The van der Waals surface area contributed by atoms with Gasteiger partial charge < -0.3 is 4.90 Å². The third-order valence-corrected chi connectivity index (χ3v) is 7.19. The molecule has 0 aromatic heterocycles. The van der Waals surface area contributed by atoms with Crippen LogP contribution in [0.3, 0.4) is 0 Å². The molecular weight excluding hydrogens is 380 g/mol. The molecule has 1 N–H and O–H groups in total. The first kappa shape index (κ1) is 18.8. The summed E-state index contributed by atoms with van der Waals surface area (Å²) in [6, 6.07) is 18.1. The molecule has 1 heterocycles. The van der Waals surface area contributed by atoms with Gasteiger partial charge in [-0.15, -0.1) is 11.6 Å². The number of nitrogens with one attached hydrogen (secondary N) is 1. The Labute approximate surface area is 166 Å². The lowest BCUT2D eigenvalue weighted by Crippen LogP contribution is -2.31. The average Bonchev–Trinajstić information content (AvgIpc) is 2.98. The van der Waals surface area contributed by atoms with Crippen molar-refractivity contribution in [2.24, 2.45) is 11.8 Å². The van der Waals surface area contributed by atoms with E-state index in [2.05, 4.69) is 34.7 Å². The summed E-state index contributed by atoms with van der Waals surface area (Å²) in [5.74, 6) is 1.20. The van der Waals surface area contributed by atoms with E-state index in [1.54, 1.807) is 6.07 Å². The van der Waals surface area contributed by atoms with Gasteiger partial charge in [-0.05, 0) is 35.1 Å². The molecule has 4 nitrogen and oxygen atoms in total. The van der Waals surface area contributed by atoms with Gasteiger partial charge in [-0.2, -0.15) is 0 Å². The van der Waals surface area contributed by atoms with Crippen LogP contribution in [0, 0.1) is 11.8 Å². The predicted octanol–water partition coefficient (Wildman–Crippen LogP) is 3.86. The Kier molecular flexibility index (Phi) is 4.73. The van der Waals surface area contributed by atoms with Gasteiger partial charge in [0, 0.05) is 30.7 Å². The first-order chi connectivity index (χ1) is 12.8. The molecule has 3 atom stereocenters.